The van der Waals surface area contributed by atoms with E-state index in [1.807, 2.05) is 0 Å². The number of anilines is 1. The molecule has 4 nitrogen and oxygen atoms in total. The van der Waals surface area contributed by atoms with Gasteiger partial charge in [-0.25, -0.2) is 0 Å². The molecular weight excluding hydrogens is 272 g/mol. The summed E-state index contributed by atoms with van der Waals surface area (Å²) in [7, 11) is 0. The molecule has 2 aromatic rings. The van der Waals surface area contributed by atoms with Gasteiger partial charge in [-0.3, -0.25) is 4.79 Å². The number of nitrogens with two attached hydrogens (primary N) is 1. The summed E-state index contributed by atoms with van der Waals surface area (Å²) in [6.45, 7) is 0. The van der Waals surface area contributed by atoms with E-state index in [2.05, 4.69) is 5.32 Å². The summed E-state index contributed by atoms with van der Waals surface area (Å²) in [6.07, 6.45) is 0.0817. The van der Waals surface area contributed by atoms with Crippen molar-refractivity contribution in [3.05, 3.63) is 59.7 Å². The van der Waals surface area contributed by atoms with Gasteiger partial charge in [0.15, 0.2) is 0 Å². The topological polar surface area (TPSA) is 75.3 Å². The summed E-state index contributed by atoms with van der Waals surface area (Å²) in [5.74, 6) is -0.138. The maximum atomic E-state index is 12.0. The zero-order valence-electron chi connectivity index (χ0n) is 10.7. The molecule has 0 spiro atoms. The molecule has 0 fully saturated rings. The van der Waals surface area contributed by atoms with E-state index in [1.54, 1.807) is 48.5 Å². The minimum atomic E-state index is -0.241. The van der Waals surface area contributed by atoms with Crippen molar-refractivity contribution in [1.82, 2.24) is 0 Å². The van der Waals surface area contributed by atoms with Gasteiger partial charge in [0.1, 0.15) is 10.7 Å². The molecule has 2 rings (SSSR count). The van der Waals surface area contributed by atoms with Gasteiger partial charge in [0, 0.05) is 11.1 Å². The number of aromatic hydroxyl groups is 1. The lowest BCUT2D eigenvalue weighted by Gasteiger charge is -2.10. The van der Waals surface area contributed by atoms with Gasteiger partial charge < -0.3 is 16.2 Å². The van der Waals surface area contributed by atoms with E-state index in [1.165, 1.54) is 0 Å². The second-order valence-electron chi connectivity index (χ2n) is 4.26. The van der Waals surface area contributed by atoms with Gasteiger partial charge in [0.25, 0.3) is 0 Å². The molecule has 0 saturated carbocycles. The van der Waals surface area contributed by atoms with Crippen molar-refractivity contribution < 1.29 is 9.90 Å². The van der Waals surface area contributed by atoms with E-state index < -0.39 is 0 Å². The quantitative estimate of drug-likeness (QED) is 0.753. The molecule has 0 unspecified atom stereocenters. The van der Waals surface area contributed by atoms with Gasteiger partial charge in [-0.05, 0) is 18.2 Å². The van der Waals surface area contributed by atoms with Crippen molar-refractivity contribution in [1.29, 1.82) is 0 Å². The number of para-hydroxylation sites is 2. The Morgan fingerprint density at radius 3 is 2.50 bits per heavy atom. The summed E-state index contributed by atoms with van der Waals surface area (Å²) >= 11 is 4.94. The molecule has 0 radical (unpaired) electrons. The number of carbonyl (C=O) groups excluding carboxylic acids is 1. The third-order valence-electron chi connectivity index (χ3n) is 2.81. The van der Waals surface area contributed by atoms with Crippen molar-refractivity contribution >= 4 is 28.8 Å². The maximum absolute atomic E-state index is 12.0. The van der Waals surface area contributed by atoms with Crippen molar-refractivity contribution in [2.45, 2.75) is 6.42 Å². The van der Waals surface area contributed by atoms with Crippen LogP contribution in [0.25, 0.3) is 0 Å². The molecule has 2 aromatic carbocycles. The average molecular weight is 286 g/mol. The van der Waals surface area contributed by atoms with Crippen LogP contribution in [0.5, 0.6) is 5.75 Å². The zero-order valence-corrected chi connectivity index (χ0v) is 11.5. The molecule has 1 amide bonds. The summed E-state index contributed by atoms with van der Waals surface area (Å²) in [5, 5.41) is 12.4. The Morgan fingerprint density at radius 1 is 1.15 bits per heavy atom. The summed E-state index contributed by atoms with van der Waals surface area (Å²) in [6, 6.07) is 13.8. The van der Waals surface area contributed by atoms with E-state index in [9.17, 15) is 9.90 Å². The van der Waals surface area contributed by atoms with Crippen molar-refractivity contribution in [3.63, 3.8) is 0 Å². The molecule has 102 valence electrons. The lowest BCUT2D eigenvalue weighted by Crippen LogP contribution is -2.18. The predicted octanol–water partition coefficient (Wildman–Crippen LogP) is 2.21. The molecule has 0 atom stereocenters. The smallest absolute Gasteiger partial charge is 0.228 e. The highest BCUT2D eigenvalue weighted by Gasteiger charge is 2.10. The lowest BCUT2D eigenvalue weighted by molar-refractivity contribution is -0.115. The number of hydrogen-bond donors (Lipinski definition) is 3. The average Bonchev–Trinajstić information content (AvgIpc) is 2.41. The third-order valence-corrected chi connectivity index (χ3v) is 3.03. The Hall–Kier alpha value is -2.40. The number of rotatable bonds is 4. The molecule has 0 heterocycles. The molecule has 0 aromatic heterocycles. The Labute approximate surface area is 122 Å². The summed E-state index contributed by atoms with van der Waals surface area (Å²) in [5.41, 5.74) is 7.36. The van der Waals surface area contributed by atoms with E-state index in [-0.39, 0.29) is 23.1 Å². The molecule has 0 bridgehead atoms. The first-order valence-corrected chi connectivity index (χ1v) is 6.44. The Bertz CT molecular complexity index is 656. The first-order chi connectivity index (χ1) is 9.58. The Morgan fingerprint density at radius 2 is 1.80 bits per heavy atom. The first kappa shape index (κ1) is 14.0. The number of hydrogen-bond acceptors (Lipinski definition) is 3. The minimum absolute atomic E-state index is 0.0817. The van der Waals surface area contributed by atoms with Crippen molar-refractivity contribution in [2.24, 2.45) is 5.73 Å². The van der Waals surface area contributed by atoms with E-state index in [4.69, 9.17) is 18.0 Å². The highest BCUT2D eigenvalue weighted by molar-refractivity contribution is 7.80. The molecule has 0 aliphatic carbocycles. The van der Waals surface area contributed by atoms with Crippen LogP contribution in [0.3, 0.4) is 0 Å². The Balaban J connectivity index is 2.13. The summed E-state index contributed by atoms with van der Waals surface area (Å²) < 4.78 is 0. The lowest BCUT2D eigenvalue weighted by atomic mass is 10.1. The van der Waals surface area contributed by atoms with Crippen LogP contribution in [0.15, 0.2) is 48.5 Å². The zero-order chi connectivity index (χ0) is 14.5. The normalized spacial score (nSPS) is 10.0. The van der Waals surface area contributed by atoms with Crippen LogP contribution >= 0.6 is 12.2 Å². The fraction of sp³-hybridized carbons (Fsp3) is 0.0667. The molecule has 0 saturated heterocycles. The van der Waals surface area contributed by atoms with Crippen LogP contribution in [0, 0.1) is 0 Å². The second kappa shape index (κ2) is 6.16. The third kappa shape index (κ3) is 3.33. The SMILES string of the molecule is NC(=S)c1ccccc1NC(=O)Cc1ccccc1O. The minimum Gasteiger partial charge on any atom is -0.508 e. The van der Waals surface area contributed by atoms with Crippen molar-refractivity contribution in [2.75, 3.05) is 5.32 Å². The van der Waals surface area contributed by atoms with Gasteiger partial charge in [0.2, 0.25) is 5.91 Å². The highest BCUT2D eigenvalue weighted by Crippen LogP contribution is 2.18. The number of benzene rings is 2. The fourth-order valence-corrected chi connectivity index (χ4v) is 2.01. The van der Waals surface area contributed by atoms with Gasteiger partial charge in [-0.2, -0.15) is 0 Å². The van der Waals surface area contributed by atoms with Crippen LogP contribution < -0.4 is 11.1 Å². The van der Waals surface area contributed by atoms with Crippen LogP contribution in [-0.4, -0.2) is 16.0 Å². The number of nitrogens with one attached hydrogen (secondary N) is 1. The van der Waals surface area contributed by atoms with Gasteiger partial charge in [-0.1, -0.05) is 42.5 Å². The van der Waals surface area contributed by atoms with Crippen molar-refractivity contribution in [3.8, 4) is 5.75 Å². The van der Waals surface area contributed by atoms with Crippen LogP contribution in [-0.2, 0) is 11.2 Å². The number of carbonyl (C=O) groups is 1. The van der Waals surface area contributed by atoms with Gasteiger partial charge in [-0.15, -0.1) is 0 Å². The molecule has 4 N–H and O–H groups in total. The maximum Gasteiger partial charge on any atom is 0.228 e. The monoisotopic (exact) mass is 286 g/mol. The predicted molar refractivity (Wildman–Crippen MR) is 82.8 cm³/mol. The number of phenolic OH excluding ortho intramolecular Hbond substituents is 1. The largest absolute Gasteiger partial charge is 0.508 e. The molecule has 0 aliphatic rings. The standard InChI is InChI=1S/C15H14N2O2S/c16-15(20)11-6-2-3-7-12(11)17-14(19)9-10-5-1-4-8-13(10)18/h1-8,18H,9H2,(H2,16,20)(H,17,19). The van der Waals surface area contributed by atoms with E-state index >= 15 is 0 Å². The Kier molecular flexibility index (Phi) is 4.32. The van der Waals surface area contributed by atoms with Crippen LogP contribution in [0.4, 0.5) is 5.69 Å². The van der Waals surface area contributed by atoms with Gasteiger partial charge >= 0.3 is 0 Å². The number of thiocarbonyl (C=S) groups is 1. The first-order valence-electron chi connectivity index (χ1n) is 6.03. The number of amides is 1. The molecule has 0 aliphatic heterocycles. The highest BCUT2D eigenvalue weighted by atomic mass is 32.1. The molecule has 20 heavy (non-hydrogen) atoms. The van der Waals surface area contributed by atoms with Crippen LogP contribution in [0.2, 0.25) is 0 Å². The molecule has 5 heteroatoms. The number of phenols is 1. The van der Waals surface area contributed by atoms with E-state index in [0.717, 1.165) is 0 Å². The summed E-state index contributed by atoms with van der Waals surface area (Å²) in [4.78, 5) is 12.2. The van der Waals surface area contributed by atoms with Gasteiger partial charge in [0.05, 0.1) is 12.1 Å². The fourth-order valence-electron chi connectivity index (χ4n) is 1.83. The van der Waals surface area contributed by atoms with Crippen LogP contribution in [0.1, 0.15) is 11.1 Å². The molecular formula is C15H14N2O2S. The second-order valence-corrected chi connectivity index (χ2v) is 4.70. The van der Waals surface area contributed by atoms with E-state index in [0.29, 0.717) is 16.8 Å².